The highest BCUT2D eigenvalue weighted by atomic mass is 14.9. The highest BCUT2D eigenvalue weighted by Gasteiger charge is 2.06. The van der Waals surface area contributed by atoms with Crippen molar-refractivity contribution in [1.82, 2.24) is 15.0 Å². The molecule has 1 aromatic carbocycles. The molecule has 0 aliphatic heterocycles. The largest absolute Gasteiger partial charge is 0.382 e. The molecule has 0 saturated heterocycles. The predicted molar refractivity (Wildman–Crippen MR) is 71.9 cm³/mol. The molecule has 0 aliphatic rings. The summed E-state index contributed by atoms with van der Waals surface area (Å²) < 4.78 is 0. The number of hydrogen-bond acceptors (Lipinski definition) is 5. The molecule has 2 aromatic heterocycles. The van der Waals surface area contributed by atoms with Gasteiger partial charge in [0, 0.05) is 17.1 Å². The minimum Gasteiger partial charge on any atom is -0.382 e. The van der Waals surface area contributed by atoms with E-state index < -0.39 is 0 Å². The number of fused-ring (bicyclic) bond motifs is 1. The van der Waals surface area contributed by atoms with E-state index >= 15 is 0 Å². The lowest BCUT2D eigenvalue weighted by Gasteiger charge is -2.03. The van der Waals surface area contributed by atoms with Crippen LogP contribution < -0.4 is 5.73 Å². The van der Waals surface area contributed by atoms with Gasteiger partial charge in [-0.25, -0.2) is 9.97 Å². The van der Waals surface area contributed by atoms with Gasteiger partial charge < -0.3 is 5.73 Å². The van der Waals surface area contributed by atoms with Crippen molar-refractivity contribution < 1.29 is 0 Å². The fourth-order valence-electron chi connectivity index (χ4n) is 1.83. The topological polar surface area (TPSA) is 88.5 Å². The molecule has 0 amide bonds. The zero-order chi connectivity index (χ0) is 13.2. The number of nitrogens with zero attached hydrogens (tertiary/aromatic N) is 4. The third-order valence-corrected chi connectivity index (χ3v) is 2.80. The molecule has 0 bridgehead atoms. The lowest BCUT2D eigenvalue weighted by molar-refractivity contribution is 1.17. The van der Waals surface area contributed by atoms with Crippen LogP contribution in [0.15, 0.2) is 42.7 Å². The maximum Gasteiger partial charge on any atom is 0.161 e. The summed E-state index contributed by atoms with van der Waals surface area (Å²) in [6.45, 7) is 0. The van der Waals surface area contributed by atoms with E-state index in [4.69, 9.17) is 11.0 Å². The molecule has 90 valence electrons. The zero-order valence-corrected chi connectivity index (χ0v) is 9.91. The van der Waals surface area contributed by atoms with E-state index in [2.05, 4.69) is 15.0 Å². The van der Waals surface area contributed by atoms with Crippen LogP contribution in [0.2, 0.25) is 0 Å². The van der Waals surface area contributed by atoms with Gasteiger partial charge in [-0.15, -0.1) is 0 Å². The van der Waals surface area contributed by atoms with Crippen LogP contribution in [0.1, 0.15) is 5.56 Å². The Kier molecular flexibility index (Phi) is 2.54. The van der Waals surface area contributed by atoms with Crippen molar-refractivity contribution in [3.05, 3.63) is 48.3 Å². The Morgan fingerprint density at radius 2 is 2.05 bits per heavy atom. The first-order valence-electron chi connectivity index (χ1n) is 5.66. The SMILES string of the molecule is N#Cc1cnc(-c2ccc3ncccc3c2)nc1N. The first-order chi connectivity index (χ1) is 9.28. The third kappa shape index (κ3) is 1.96. The summed E-state index contributed by atoms with van der Waals surface area (Å²) in [5.41, 5.74) is 7.73. The van der Waals surface area contributed by atoms with Gasteiger partial charge in [0.05, 0.1) is 11.7 Å². The molecule has 19 heavy (non-hydrogen) atoms. The van der Waals surface area contributed by atoms with Gasteiger partial charge in [0.1, 0.15) is 17.5 Å². The number of rotatable bonds is 1. The molecule has 0 unspecified atom stereocenters. The number of anilines is 1. The van der Waals surface area contributed by atoms with E-state index in [1.165, 1.54) is 6.20 Å². The Morgan fingerprint density at radius 3 is 2.84 bits per heavy atom. The van der Waals surface area contributed by atoms with Gasteiger partial charge in [0.2, 0.25) is 0 Å². The van der Waals surface area contributed by atoms with Crippen LogP contribution in [0.25, 0.3) is 22.3 Å². The van der Waals surface area contributed by atoms with Crippen molar-refractivity contribution >= 4 is 16.7 Å². The highest BCUT2D eigenvalue weighted by molar-refractivity contribution is 5.83. The fraction of sp³-hybridized carbons (Fsp3) is 0. The van der Waals surface area contributed by atoms with Crippen molar-refractivity contribution in [1.29, 1.82) is 5.26 Å². The monoisotopic (exact) mass is 247 g/mol. The molecule has 0 radical (unpaired) electrons. The summed E-state index contributed by atoms with van der Waals surface area (Å²) in [6.07, 6.45) is 3.18. The van der Waals surface area contributed by atoms with E-state index in [0.29, 0.717) is 5.82 Å². The minimum absolute atomic E-state index is 0.193. The number of hydrogen-bond donors (Lipinski definition) is 1. The van der Waals surface area contributed by atoms with Crippen LogP contribution in [-0.4, -0.2) is 15.0 Å². The summed E-state index contributed by atoms with van der Waals surface area (Å²) in [7, 11) is 0. The molecule has 0 spiro atoms. The second kappa shape index (κ2) is 4.35. The van der Waals surface area contributed by atoms with E-state index in [9.17, 15) is 0 Å². The highest BCUT2D eigenvalue weighted by Crippen LogP contribution is 2.21. The van der Waals surface area contributed by atoms with E-state index in [0.717, 1.165) is 16.5 Å². The Balaban J connectivity index is 2.14. The van der Waals surface area contributed by atoms with E-state index in [1.807, 2.05) is 36.4 Å². The van der Waals surface area contributed by atoms with Crippen LogP contribution in [0.4, 0.5) is 5.82 Å². The number of nitriles is 1. The van der Waals surface area contributed by atoms with Gasteiger partial charge in [0.25, 0.3) is 0 Å². The molecule has 3 rings (SSSR count). The number of aromatic nitrogens is 3. The maximum atomic E-state index is 8.80. The van der Waals surface area contributed by atoms with Gasteiger partial charge in [-0.3, -0.25) is 4.98 Å². The molecule has 5 nitrogen and oxygen atoms in total. The Hall–Kier alpha value is -3.00. The van der Waals surface area contributed by atoms with Crippen LogP contribution in [-0.2, 0) is 0 Å². The maximum absolute atomic E-state index is 8.80. The van der Waals surface area contributed by atoms with Crippen molar-refractivity contribution in [2.45, 2.75) is 0 Å². The zero-order valence-electron chi connectivity index (χ0n) is 9.91. The molecule has 3 aromatic rings. The second-order valence-electron chi connectivity index (χ2n) is 4.02. The third-order valence-electron chi connectivity index (χ3n) is 2.80. The Labute approximate surface area is 109 Å². The number of benzene rings is 1. The average molecular weight is 247 g/mol. The normalized spacial score (nSPS) is 10.3. The number of nitrogen functional groups attached to an aromatic ring is 1. The van der Waals surface area contributed by atoms with Gasteiger partial charge in [-0.05, 0) is 24.3 Å². The summed E-state index contributed by atoms with van der Waals surface area (Å²) >= 11 is 0. The standard InChI is InChI=1S/C14H9N5/c15-7-11-8-18-14(19-13(11)16)10-3-4-12-9(6-10)2-1-5-17-12/h1-6,8H,(H2,16,18,19). The summed E-state index contributed by atoms with van der Waals surface area (Å²) in [4.78, 5) is 12.6. The average Bonchev–Trinajstić information content (AvgIpc) is 2.46. The quantitative estimate of drug-likeness (QED) is 0.711. The van der Waals surface area contributed by atoms with E-state index in [1.54, 1.807) is 6.20 Å². The predicted octanol–water partition coefficient (Wildman–Crippen LogP) is 2.15. The molecule has 0 atom stereocenters. The van der Waals surface area contributed by atoms with Crippen molar-refractivity contribution in [3.63, 3.8) is 0 Å². The van der Waals surface area contributed by atoms with Crippen LogP contribution in [0.3, 0.4) is 0 Å². The lowest BCUT2D eigenvalue weighted by atomic mass is 10.1. The molecule has 0 saturated carbocycles. The Bertz CT molecular complexity index is 804. The van der Waals surface area contributed by atoms with Crippen LogP contribution in [0, 0.1) is 11.3 Å². The minimum atomic E-state index is 0.193. The summed E-state index contributed by atoms with van der Waals surface area (Å²) in [5, 5.41) is 9.81. The molecular formula is C14H9N5. The first-order valence-corrected chi connectivity index (χ1v) is 5.66. The molecule has 2 N–H and O–H groups in total. The lowest BCUT2D eigenvalue weighted by Crippen LogP contribution is -1.98. The first kappa shape index (κ1) is 11.1. The van der Waals surface area contributed by atoms with Crippen molar-refractivity contribution in [2.24, 2.45) is 0 Å². The van der Waals surface area contributed by atoms with Crippen LogP contribution in [0.5, 0.6) is 0 Å². The Morgan fingerprint density at radius 1 is 1.16 bits per heavy atom. The van der Waals surface area contributed by atoms with Crippen LogP contribution >= 0.6 is 0 Å². The number of nitrogens with two attached hydrogens (primary N) is 1. The van der Waals surface area contributed by atoms with Crippen molar-refractivity contribution in [3.8, 4) is 17.5 Å². The molecular weight excluding hydrogens is 238 g/mol. The molecule has 0 aliphatic carbocycles. The molecule has 0 fully saturated rings. The van der Waals surface area contributed by atoms with Gasteiger partial charge >= 0.3 is 0 Å². The smallest absolute Gasteiger partial charge is 0.161 e. The summed E-state index contributed by atoms with van der Waals surface area (Å²) in [6, 6.07) is 11.5. The molecule has 5 heteroatoms. The van der Waals surface area contributed by atoms with E-state index in [-0.39, 0.29) is 11.4 Å². The number of pyridine rings is 1. The van der Waals surface area contributed by atoms with Gasteiger partial charge in [0.15, 0.2) is 5.82 Å². The molecule has 2 heterocycles. The second-order valence-corrected chi connectivity index (χ2v) is 4.02. The van der Waals surface area contributed by atoms with Crippen molar-refractivity contribution in [2.75, 3.05) is 5.73 Å². The van der Waals surface area contributed by atoms with Gasteiger partial charge in [-0.1, -0.05) is 6.07 Å². The fourth-order valence-corrected chi connectivity index (χ4v) is 1.83. The van der Waals surface area contributed by atoms with Gasteiger partial charge in [-0.2, -0.15) is 5.26 Å². The summed E-state index contributed by atoms with van der Waals surface area (Å²) in [5.74, 6) is 0.695.